The molecule has 0 saturated carbocycles. The van der Waals surface area contributed by atoms with Gasteiger partial charge in [0.15, 0.2) is 5.96 Å². The second-order valence-electron chi connectivity index (χ2n) is 5.38. The van der Waals surface area contributed by atoms with Crippen LogP contribution in [0, 0.1) is 6.92 Å². The van der Waals surface area contributed by atoms with Crippen molar-refractivity contribution in [2.45, 2.75) is 33.2 Å². The minimum Gasteiger partial charge on any atom is -0.494 e. The molecule has 2 aromatic rings. The van der Waals surface area contributed by atoms with Gasteiger partial charge in [-0.2, -0.15) is 0 Å². The van der Waals surface area contributed by atoms with E-state index in [4.69, 9.17) is 4.74 Å². The number of thiazole rings is 1. The smallest absolute Gasteiger partial charge is 0.191 e. The van der Waals surface area contributed by atoms with Crippen LogP contribution in [0.5, 0.6) is 5.75 Å². The first kappa shape index (κ1) is 18.3. The van der Waals surface area contributed by atoms with E-state index in [0.717, 1.165) is 42.4 Å². The van der Waals surface area contributed by atoms with Gasteiger partial charge in [-0.1, -0.05) is 18.2 Å². The molecule has 2 rings (SSSR count). The molecule has 0 spiro atoms. The maximum atomic E-state index is 5.65. The lowest BCUT2D eigenvalue weighted by molar-refractivity contribution is 0.336. The van der Waals surface area contributed by atoms with Gasteiger partial charge in [0.2, 0.25) is 0 Å². The predicted molar refractivity (Wildman–Crippen MR) is 101 cm³/mol. The number of guanidine groups is 1. The summed E-state index contributed by atoms with van der Waals surface area (Å²) < 4.78 is 5.65. The first-order chi connectivity index (χ1) is 11.7. The maximum Gasteiger partial charge on any atom is 0.191 e. The van der Waals surface area contributed by atoms with Crippen LogP contribution in [-0.2, 0) is 13.0 Å². The minimum absolute atomic E-state index is 0.667. The predicted octanol–water partition coefficient (Wildman–Crippen LogP) is 3.15. The van der Waals surface area contributed by atoms with Crippen molar-refractivity contribution in [3.63, 3.8) is 0 Å². The zero-order valence-electron chi connectivity index (χ0n) is 14.6. The molecule has 1 aromatic heterocycles. The van der Waals surface area contributed by atoms with Crippen LogP contribution in [0.15, 0.2) is 34.6 Å². The summed E-state index contributed by atoms with van der Waals surface area (Å²) in [5.74, 6) is 1.72. The van der Waals surface area contributed by atoms with Crippen LogP contribution in [0.3, 0.4) is 0 Å². The Morgan fingerprint density at radius 3 is 2.83 bits per heavy atom. The normalized spacial score (nSPS) is 11.4. The first-order valence-electron chi connectivity index (χ1n) is 8.29. The zero-order valence-corrected chi connectivity index (χ0v) is 15.4. The molecular formula is C18H26N4OS. The molecule has 0 unspecified atom stereocenters. The summed E-state index contributed by atoms with van der Waals surface area (Å²) in [6.07, 6.45) is 2.03. The average molecular weight is 346 g/mol. The summed E-state index contributed by atoms with van der Waals surface area (Å²) in [6, 6.07) is 8.07. The number of hydrogen-bond donors (Lipinski definition) is 2. The van der Waals surface area contributed by atoms with Gasteiger partial charge in [-0.15, -0.1) is 11.3 Å². The van der Waals surface area contributed by atoms with E-state index in [0.29, 0.717) is 13.2 Å². The van der Waals surface area contributed by atoms with E-state index < -0.39 is 0 Å². The van der Waals surface area contributed by atoms with Gasteiger partial charge in [-0.05, 0) is 26.3 Å². The standard InChI is InChI=1S/C18H26N4OS/c1-4-23-16-9-6-5-8-15(16)12-21-18(19-3)20-11-7-10-17-22-14(2)13-24-17/h5-6,8-9,13H,4,7,10-12H2,1-3H3,(H2,19,20,21). The van der Waals surface area contributed by atoms with E-state index in [1.54, 1.807) is 18.4 Å². The molecule has 0 saturated heterocycles. The highest BCUT2D eigenvalue weighted by molar-refractivity contribution is 7.09. The number of nitrogens with one attached hydrogen (secondary N) is 2. The summed E-state index contributed by atoms with van der Waals surface area (Å²) in [5.41, 5.74) is 2.23. The van der Waals surface area contributed by atoms with Crippen LogP contribution in [0.2, 0.25) is 0 Å². The molecule has 0 aliphatic carbocycles. The van der Waals surface area contributed by atoms with E-state index in [9.17, 15) is 0 Å². The Morgan fingerprint density at radius 1 is 1.29 bits per heavy atom. The Morgan fingerprint density at radius 2 is 2.12 bits per heavy atom. The number of hydrogen-bond acceptors (Lipinski definition) is 4. The third-order valence-corrected chi connectivity index (χ3v) is 4.50. The Labute approximate surface area is 148 Å². The van der Waals surface area contributed by atoms with E-state index in [2.05, 4.69) is 32.1 Å². The minimum atomic E-state index is 0.667. The molecule has 0 amide bonds. The van der Waals surface area contributed by atoms with Crippen molar-refractivity contribution in [3.05, 3.63) is 45.9 Å². The highest BCUT2D eigenvalue weighted by atomic mass is 32.1. The Balaban J connectivity index is 1.74. The van der Waals surface area contributed by atoms with Crippen molar-refractivity contribution >= 4 is 17.3 Å². The van der Waals surface area contributed by atoms with Gasteiger partial charge < -0.3 is 15.4 Å². The number of ether oxygens (including phenoxy) is 1. The van der Waals surface area contributed by atoms with Crippen LogP contribution >= 0.6 is 11.3 Å². The van der Waals surface area contributed by atoms with Gasteiger partial charge in [0.1, 0.15) is 5.75 Å². The molecule has 0 radical (unpaired) electrons. The SMILES string of the molecule is CCOc1ccccc1CNC(=NC)NCCCc1nc(C)cs1. The van der Waals surface area contributed by atoms with Gasteiger partial charge in [0.25, 0.3) is 0 Å². The molecular weight excluding hydrogens is 320 g/mol. The molecule has 1 heterocycles. The number of aliphatic imine (C=N–C) groups is 1. The molecule has 6 heteroatoms. The molecule has 24 heavy (non-hydrogen) atoms. The number of benzene rings is 1. The lowest BCUT2D eigenvalue weighted by Gasteiger charge is -2.14. The van der Waals surface area contributed by atoms with Gasteiger partial charge in [0.05, 0.1) is 11.6 Å². The number of aryl methyl sites for hydroxylation is 2. The van der Waals surface area contributed by atoms with Crippen LogP contribution in [0.4, 0.5) is 0 Å². The lowest BCUT2D eigenvalue weighted by Crippen LogP contribution is -2.37. The molecule has 130 valence electrons. The largest absolute Gasteiger partial charge is 0.494 e. The van der Waals surface area contributed by atoms with Crippen molar-refractivity contribution in [1.29, 1.82) is 0 Å². The van der Waals surface area contributed by atoms with Crippen LogP contribution < -0.4 is 15.4 Å². The summed E-state index contributed by atoms with van der Waals surface area (Å²) >= 11 is 1.73. The third-order valence-electron chi connectivity index (χ3n) is 3.47. The highest BCUT2D eigenvalue weighted by Gasteiger charge is 2.04. The summed E-state index contributed by atoms with van der Waals surface area (Å²) in [4.78, 5) is 8.75. The molecule has 0 aliphatic heterocycles. The highest BCUT2D eigenvalue weighted by Crippen LogP contribution is 2.17. The second-order valence-corrected chi connectivity index (χ2v) is 6.32. The van der Waals surface area contributed by atoms with Crippen molar-refractivity contribution in [3.8, 4) is 5.75 Å². The zero-order chi connectivity index (χ0) is 17.2. The Kier molecular flexibility index (Phi) is 7.55. The fourth-order valence-electron chi connectivity index (χ4n) is 2.31. The first-order valence-corrected chi connectivity index (χ1v) is 9.17. The monoisotopic (exact) mass is 346 g/mol. The molecule has 0 bridgehead atoms. The Hall–Kier alpha value is -2.08. The number of rotatable bonds is 8. The van der Waals surface area contributed by atoms with Crippen LogP contribution in [0.25, 0.3) is 0 Å². The van der Waals surface area contributed by atoms with Crippen molar-refractivity contribution in [2.24, 2.45) is 4.99 Å². The topological polar surface area (TPSA) is 58.5 Å². The molecule has 0 aliphatic rings. The van der Waals surface area contributed by atoms with Crippen molar-refractivity contribution in [1.82, 2.24) is 15.6 Å². The van der Waals surface area contributed by atoms with Crippen molar-refractivity contribution in [2.75, 3.05) is 20.2 Å². The third kappa shape index (κ3) is 5.85. The van der Waals surface area contributed by atoms with E-state index in [1.165, 1.54) is 5.01 Å². The van der Waals surface area contributed by atoms with Gasteiger partial charge in [0, 0.05) is 43.2 Å². The van der Waals surface area contributed by atoms with Crippen molar-refractivity contribution < 1.29 is 4.74 Å². The second kappa shape index (κ2) is 9.93. The van der Waals surface area contributed by atoms with E-state index >= 15 is 0 Å². The molecule has 1 aromatic carbocycles. The van der Waals surface area contributed by atoms with Gasteiger partial charge in [-0.25, -0.2) is 4.98 Å². The van der Waals surface area contributed by atoms with E-state index in [-0.39, 0.29) is 0 Å². The number of aromatic nitrogens is 1. The summed E-state index contributed by atoms with van der Waals surface area (Å²) in [6.45, 7) is 6.24. The fraction of sp³-hybridized carbons (Fsp3) is 0.444. The number of nitrogens with zero attached hydrogens (tertiary/aromatic N) is 2. The molecule has 0 atom stereocenters. The lowest BCUT2D eigenvalue weighted by atomic mass is 10.2. The summed E-state index contributed by atoms with van der Waals surface area (Å²) in [5, 5.41) is 9.97. The molecule has 2 N–H and O–H groups in total. The average Bonchev–Trinajstić information content (AvgIpc) is 3.01. The maximum absolute atomic E-state index is 5.65. The van der Waals surface area contributed by atoms with Crippen LogP contribution in [0.1, 0.15) is 29.6 Å². The fourth-order valence-corrected chi connectivity index (χ4v) is 3.13. The Bertz CT molecular complexity index is 654. The quantitative estimate of drug-likeness (QED) is 0.438. The molecule has 0 fully saturated rings. The summed E-state index contributed by atoms with van der Waals surface area (Å²) in [7, 11) is 1.79. The van der Waals surface area contributed by atoms with Crippen LogP contribution in [-0.4, -0.2) is 31.1 Å². The van der Waals surface area contributed by atoms with E-state index in [1.807, 2.05) is 32.0 Å². The van der Waals surface area contributed by atoms with Gasteiger partial charge in [-0.3, -0.25) is 4.99 Å². The number of para-hydroxylation sites is 1. The molecule has 5 nitrogen and oxygen atoms in total. The van der Waals surface area contributed by atoms with Gasteiger partial charge >= 0.3 is 0 Å².